The van der Waals surface area contributed by atoms with Gasteiger partial charge >= 0.3 is 0 Å². The largest absolute Gasteiger partial charge is 0.314 e. The Bertz CT molecular complexity index is 532. The molecule has 1 N–H and O–H groups in total. The normalized spacial score (nSPS) is 21.2. The highest BCUT2D eigenvalue weighted by molar-refractivity contribution is 5.95. The molecule has 2 aliphatic rings. The van der Waals surface area contributed by atoms with Crippen LogP contribution in [0.3, 0.4) is 0 Å². The Morgan fingerprint density at radius 1 is 1.36 bits per heavy atom. The molecule has 1 aromatic rings. The van der Waals surface area contributed by atoms with Gasteiger partial charge in [-0.25, -0.2) is 0 Å². The van der Waals surface area contributed by atoms with Crippen LogP contribution in [0.2, 0.25) is 0 Å². The van der Waals surface area contributed by atoms with Crippen molar-refractivity contribution in [3.05, 3.63) is 29.3 Å². The van der Waals surface area contributed by atoms with Crippen LogP contribution >= 0.6 is 0 Å². The molecule has 3 nitrogen and oxygen atoms in total. The zero-order valence-corrected chi connectivity index (χ0v) is 13.9. The summed E-state index contributed by atoms with van der Waals surface area (Å²) in [5, 5.41) is 3.62. The summed E-state index contributed by atoms with van der Waals surface area (Å²) in [7, 11) is 0. The fraction of sp³-hybridized carbons (Fsp3) is 0.632. The molecule has 3 heteroatoms. The third kappa shape index (κ3) is 3.52. The number of fused-ring (bicyclic) bond motifs is 1. The third-order valence-corrected chi connectivity index (χ3v) is 4.82. The van der Waals surface area contributed by atoms with E-state index in [2.05, 4.69) is 37.4 Å². The van der Waals surface area contributed by atoms with E-state index in [0.29, 0.717) is 18.4 Å². The standard InChI is InChI=1S/C19H28N2O/c1-14(2)11-19(22)21-10-8-16-12-15(6-7-18(16)21)13-17-5-3-4-9-20-17/h6-7,12,14,17,20H,3-5,8-11,13H2,1-2H3. The average Bonchev–Trinajstić information content (AvgIpc) is 2.91. The van der Waals surface area contributed by atoms with Gasteiger partial charge in [-0.3, -0.25) is 4.79 Å². The molecule has 0 spiro atoms. The second-order valence-electron chi connectivity index (χ2n) is 7.21. The minimum Gasteiger partial charge on any atom is -0.314 e. The fourth-order valence-corrected chi connectivity index (χ4v) is 3.68. The van der Waals surface area contributed by atoms with Crippen LogP contribution in [-0.2, 0) is 17.6 Å². The van der Waals surface area contributed by atoms with E-state index in [1.807, 2.05) is 4.90 Å². The van der Waals surface area contributed by atoms with Crippen molar-refractivity contribution in [3.8, 4) is 0 Å². The van der Waals surface area contributed by atoms with Gasteiger partial charge in [-0.2, -0.15) is 0 Å². The van der Waals surface area contributed by atoms with Crippen molar-refractivity contribution >= 4 is 11.6 Å². The monoisotopic (exact) mass is 300 g/mol. The highest BCUT2D eigenvalue weighted by Gasteiger charge is 2.25. The molecule has 1 saturated heterocycles. The van der Waals surface area contributed by atoms with Crippen molar-refractivity contribution in [1.82, 2.24) is 5.32 Å². The van der Waals surface area contributed by atoms with Crippen LogP contribution in [0.4, 0.5) is 5.69 Å². The van der Waals surface area contributed by atoms with Crippen molar-refractivity contribution in [2.75, 3.05) is 18.0 Å². The molecule has 0 saturated carbocycles. The zero-order chi connectivity index (χ0) is 15.5. The van der Waals surface area contributed by atoms with Crippen LogP contribution in [0.5, 0.6) is 0 Å². The number of benzene rings is 1. The van der Waals surface area contributed by atoms with E-state index in [-0.39, 0.29) is 5.91 Å². The van der Waals surface area contributed by atoms with E-state index in [0.717, 1.165) is 31.6 Å². The number of carbonyl (C=O) groups is 1. The van der Waals surface area contributed by atoms with Gasteiger partial charge in [-0.05, 0) is 55.3 Å². The van der Waals surface area contributed by atoms with E-state index in [1.54, 1.807) is 0 Å². The zero-order valence-electron chi connectivity index (χ0n) is 13.9. The van der Waals surface area contributed by atoms with Crippen LogP contribution in [0.15, 0.2) is 18.2 Å². The predicted molar refractivity (Wildman–Crippen MR) is 91.3 cm³/mol. The number of hydrogen-bond acceptors (Lipinski definition) is 2. The number of carbonyl (C=O) groups excluding carboxylic acids is 1. The topological polar surface area (TPSA) is 32.3 Å². The Labute approximate surface area is 134 Å². The summed E-state index contributed by atoms with van der Waals surface area (Å²) in [4.78, 5) is 14.3. The average molecular weight is 300 g/mol. The lowest BCUT2D eigenvalue weighted by molar-refractivity contribution is -0.119. The predicted octanol–water partition coefficient (Wildman–Crippen LogP) is 3.31. The molecule has 0 aliphatic carbocycles. The summed E-state index contributed by atoms with van der Waals surface area (Å²) in [6.45, 7) is 6.23. The van der Waals surface area contributed by atoms with Gasteiger partial charge in [0.25, 0.3) is 0 Å². The second kappa shape index (κ2) is 6.82. The first-order chi connectivity index (χ1) is 10.6. The molecule has 2 aliphatic heterocycles. The highest BCUT2D eigenvalue weighted by Crippen LogP contribution is 2.30. The number of nitrogens with zero attached hydrogens (tertiary/aromatic N) is 1. The first kappa shape index (κ1) is 15.5. The van der Waals surface area contributed by atoms with Crippen molar-refractivity contribution < 1.29 is 4.79 Å². The van der Waals surface area contributed by atoms with E-state index < -0.39 is 0 Å². The van der Waals surface area contributed by atoms with Crippen molar-refractivity contribution in [3.63, 3.8) is 0 Å². The molecular weight excluding hydrogens is 272 g/mol. The van der Waals surface area contributed by atoms with Gasteiger partial charge in [-0.15, -0.1) is 0 Å². The Hall–Kier alpha value is -1.35. The van der Waals surface area contributed by atoms with Gasteiger partial charge in [0.05, 0.1) is 0 Å². The molecule has 1 aromatic carbocycles. The van der Waals surface area contributed by atoms with Gasteiger partial charge in [-0.1, -0.05) is 32.4 Å². The first-order valence-corrected chi connectivity index (χ1v) is 8.79. The molecule has 0 bridgehead atoms. The molecule has 1 amide bonds. The van der Waals surface area contributed by atoms with Crippen molar-refractivity contribution in [2.45, 2.75) is 58.4 Å². The molecule has 120 valence electrons. The lowest BCUT2D eigenvalue weighted by Crippen LogP contribution is -2.35. The van der Waals surface area contributed by atoms with Crippen LogP contribution in [-0.4, -0.2) is 25.0 Å². The molecule has 0 radical (unpaired) electrons. The maximum absolute atomic E-state index is 12.3. The second-order valence-corrected chi connectivity index (χ2v) is 7.21. The SMILES string of the molecule is CC(C)CC(=O)N1CCc2cc(CC3CCCCN3)ccc21. The molecule has 1 atom stereocenters. The van der Waals surface area contributed by atoms with E-state index in [4.69, 9.17) is 0 Å². The van der Waals surface area contributed by atoms with E-state index >= 15 is 0 Å². The smallest absolute Gasteiger partial charge is 0.227 e. The molecule has 3 rings (SSSR count). The first-order valence-electron chi connectivity index (χ1n) is 8.79. The van der Waals surface area contributed by atoms with Gasteiger partial charge in [0.15, 0.2) is 0 Å². The van der Waals surface area contributed by atoms with Crippen LogP contribution < -0.4 is 10.2 Å². The molecule has 0 aromatic heterocycles. The van der Waals surface area contributed by atoms with Crippen LogP contribution in [0.1, 0.15) is 50.7 Å². The number of nitrogens with one attached hydrogen (secondary N) is 1. The minimum absolute atomic E-state index is 0.274. The molecule has 1 unspecified atom stereocenters. The Morgan fingerprint density at radius 2 is 2.23 bits per heavy atom. The third-order valence-electron chi connectivity index (χ3n) is 4.82. The number of piperidine rings is 1. The Balaban J connectivity index is 1.68. The Kier molecular flexibility index (Phi) is 4.82. The maximum atomic E-state index is 12.3. The summed E-state index contributed by atoms with van der Waals surface area (Å²) < 4.78 is 0. The number of hydrogen-bond donors (Lipinski definition) is 1. The molecular formula is C19H28N2O. The summed E-state index contributed by atoms with van der Waals surface area (Å²) in [5.74, 6) is 0.698. The van der Waals surface area contributed by atoms with Crippen molar-refractivity contribution in [2.24, 2.45) is 5.92 Å². The van der Waals surface area contributed by atoms with E-state index in [9.17, 15) is 4.79 Å². The van der Waals surface area contributed by atoms with Gasteiger partial charge < -0.3 is 10.2 Å². The van der Waals surface area contributed by atoms with Crippen molar-refractivity contribution in [1.29, 1.82) is 0 Å². The summed E-state index contributed by atoms with van der Waals surface area (Å²) in [6.07, 6.45) is 6.72. The molecule has 1 fully saturated rings. The summed E-state index contributed by atoms with van der Waals surface area (Å²) in [5.41, 5.74) is 3.91. The minimum atomic E-state index is 0.274. The summed E-state index contributed by atoms with van der Waals surface area (Å²) >= 11 is 0. The quantitative estimate of drug-likeness (QED) is 0.925. The number of rotatable bonds is 4. The lowest BCUT2D eigenvalue weighted by Gasteiger charge is -2.24. The number of amides is 1. The summed E-state index contributed by atoms with van der Waals surface area (Å²) in [6, 6.07) is 7.34. The molecule has 2 heterocycles. The molecule has 22 heavy (non-hydrogen) atoms. The number of anilines is 1. The van der Waals surface area contributed by atoms with Crippen LogP contribution in [0, 0.1) is 5.92 Å². The highest BCUT2D eigenvalue weighted by atomic mass is 16.2. The maximum Gasteiger partial charge on any atom is 0.227 e. The van der Waals surface area contributed by atoms with Gasteiger partial charge in [0, 0.05) is 24.7 Å². The van der Waals surface area contributed by atoms with Gasteiger partial charge in [0.1, 0.15) is 0 Å². The van der Waals surface area contributed by atoms with Gasteiger partial charge in [0.2, 0.25) is 5.91 Å². The lowest BCUT2D eigenvalue weighted by atomic mass is 9.96. The van der Waals surface area contributed by atoms with Crippen LogP contribution in [0.25, 0.3) is 0 Å². The van der Waals surface area contributed by atoms with E-state index in [1.165, 1.54) is 30.4 Å². The Morgan fingerprint density at radius 3 is 2.95 bits per heavy atom. The fourth-order valence-electron chi connectivity index (χ4n) is 3.68.